The molecule has 124 valence electrons. The minimum atomic E-state index is 0.124. The Morgan fingerprint density at radius 1 is 1.29 bits per heavy atom. The molecule has 0 unspecified atom stereocenters. The number of hydrogen-bond donors (Lipinski definition) is 2. The van der Waals surface area contributed by atoms with Crippen LogP contribution >= 0.6 is 12.2 Å². The number of nitrogens with zero attached hydrogens (tertiary/aromatic N) is 2. The molecule has 0 aromatic heterocycles. The predicted octanol–water partition coefficient (Wildman–Crippen LogP) is 2.19. The molecule has 24 heavy (non-hydrogen) atoms. The van der Waals surface area contributed by atoms with Crippen LogP contribution in [0.25, 0.3) is 0 Å². The molecule has 0 spiro atoms. The number of rotatable bonds is 1. The average Bonchev–Trinajstić information content (AvgIpc) is 2.59. The van der Waals surface area contributed by atoms with Gasteiger partial charge in [-0.1, -0.05) is 24.3 Å². The number of ketones is 1. The Morgan fingerprint density at radius 2 is 2.12 bits per heavy atom. The summed E-state index contributed by atoms with van der Waals surface area (Å²) >= 11 is 4.87. The van der Waals surface area contributed by atoms with Crippen molar-refractivity contribution in [2.24, 2.45) is 10.8 Å². The Kier molecular flexibility index (Phi) is 3.84. The van der Waals surface area contributed by atoms with E-state index < -0.39 is 0 Å². The smallest absolute Gasteiger partial charge is 0.184 e. The molecular formula is C18H20N4OS. The number of thiocarbonyl (C=S) groups is 1. The lowest BCUT2D eigenvalue weighted by atomic mass is 9.79. The van der Waals surface area contributed by atoms with Crippen molar-refractivity contribution in [1.29, 1.82) is 0 Å². The van der Waals surface area contributed by atoms with Crippen LogP contribution in [-0.4, -0.2) is 28.1 Å². The molecule has 5 nitrogen and oxygen atoms in total. The first-order chi connectivity index (χ1) is 11.6. The zero-order chi connectivity index (χ0) is 16.7. The van der Waals surface area contributed by atoms with E-state index in [1.807, 2.05) is 0 Å². The SMILES string of the molecule is NC(=S)NN=C1C[C@H]2c3ccccc3CCN2C2=C1C(=O)CCC2. The number of nitrogens with two attached hydrogens (primary N) is 1. The molecule has 0 amide bonds. The predicted molar refractivity (Wildman–Crippen MR) is 97.5 cm³/mol. The second-order valence-corrected chi connectivity index (χ2v) is 6.93. The van der Waals surface area contributed by atoms with Gasteiger partial charge in [-0.2, -0.15) is 5.10 Å². The molecular weight excluding hydrogens is 320 g/mol. The monoisotopic (exact) mass is 340 g/mol. The van der Waals surface area contributed by atoms with Crippen LogP contribution in [0.1, 0.15) is 42.9 Å². The molecule has 1 atom stereocenters. The third-order valence-corrected chi connectivity index (χ3v) is 5.21. The van der Waals surface area contributed by atoms with Crippen molar-refractivity contribution in [3.63, 3.8) is 0 Å². The lowest BCUT2D eigenvalue weighted by Crippen LogP contribution is -2.43. The van der Waals surface area contributed by atoms with E-state index in [0.29, 0.717) is 12.8 Å². The quantitative estimate of drug-likeness (QED) is 0.606. The normalized spacial score (nSPS) is 24.3. The van der Waals surface area contributed by atoms with Crippen molar-refractivity contribution in [3.05, 3.63) is 46.7 Å². The van der Waals surface area contributed by atoms with E-state index in [1.54, 1.807) is 0 Å². The van der Waals surface area contributed by atoms with E-state index in [2.05, 4.69) is 39.7 Å². The number of benzene rings is 1. The summed E-state index contributed by atoms with van der Waals surface area (Å²) in [5.74, 6) is 0.192. The molecule has 2 aliphatic heterocycles. The van der Waals surface area contributed by atoms with Crippen LogP contribution in [0.15, 0.2) is 40.6 Å². The highest BCUT2D eigenvalue weighted by Gasteiger charge is 2.39. The van der Waals surface area contributed by atoms with Crippen molar-refractivity contribution in [1.82, 2.24) is 10.3 Å². The summed E-state index contributed by atoms with van der Waals surface area (Å²) < 4.78 is 0. The number of nitrogens with one attached hydrogen (secondary N) is 1. The first-order valence-electron chi connectivity index (χ1n) is 8.38. The average molecular weight is 340 g/mol. The maximum Gasteiger partial charge on any atom is 0.184 e. The number of hydrogen-bond acceptors (Lipinski definition) is 4. The summed E-state index contributed by atoms with van der Waals surface area (Å²) in [7, 11) is 0. The van der Waals surface area contributed by atoms with E-state index in [1.165, 1.54) is 11.1 Å². The van der Waals surface area contributed by atoms with E-state index in [-0.39, 0.29) is 16.9 Å². The molecule has 0 fully saturated rings. The van der Waals surface area contributed by atoms with Crippen molar-refractivity contribution < 1.29 is 4.79 Å². The van der Waals surface area contributed by atoms with Gasteiger partial charge in [0.1, 0.15) is 0 Å². The standard InChI is InChI=1S/C18H20N4OS/c19-18(24)21-20-13-10-15-12-5-2-1-4-11(12)8-9-22(15)14-6-3-7-16(23)17(13)14/h1-2,4-5,15H,3,6-10H2,(H3,19,21,24)/t15-/m0/s1. The zero-order valence-electron chi connectivity index (χ0n) is 13.4. The van der Waals surface area contributed by atoms with Gasteiger partial charge in [0, 0.05) is 25.1 Å². The summed E-state index contributed by atoms with van der Waals surface area (Å²) in [6.07, 6.45) is 4.18. The van der Waals surface area contributed by atoms with E-state index in [9.17, 15) is 4.79 Å². The molecule has 6 heteroatoms. The van der Waals surface area contributed by atoms with Crippen LogP contribution < -0.4 is 11.2 Å². The summed E-state index contributed by atoms with van der Waals surface area (Å²) in [6, 6.07) is 8.82. The highest BCUT2D eigenvalue weighted by Crippen LogP contribution is 2.43. The molecule has 3 aliphatic rings. The summed E-state index contributed by atoms with van der Waals surface area (Å²) in [6.45, 7) is 0.962. The molecule has 0 saturated heterocycles. The lowest BCUT2D eigenvalue weighted by Gasteiger charge is -2.45. The number of carbonyl (C=O) groups excluding carboxylic acids is 1. The Bertz CT molecular complexity index is 783. The Hall–Kier alpha value is -2.21. The molecule has 0 saturated carbocycles. The van der Waals surface area contributed by atoms with E-state index in [4.69, 9.17) is 18.0 Å². The fourth-order valence-corrected chi connectivity index (χ4v) is 4.19. The van der Waals surface area contributed by atoms with Crippen LogP contribution in [0.4, 0.5) is 0 Å². The van der Waals surface area contributed by atoms with Crippen LogP contribution in [0, 0.1) is 0 Å². The van der Waals surface area contributed by atoms with Gasteiger partial charge in [-0.05, 0) is 42.6 Å². The number of Topliss-reactive ketones (excluding diaryl/α,β-unsaturated/α-hetero) is 1. The summed E-state index contributed by atoms with van der Waals surface area (Å²) in [5.41, 5.74) is 13.7. The Labute approximate surface area is 146 Å². The van der Waals surface area contributed by atoms with Gasteiger partial charge in [0.15, 0.2) is 10.9 Å². The molecule has 1 aliphatic carbocycles. The van der Waals surface area contributed by atoms with Gasteiger partial charge in [0.05, 0.1) is 17.3 Å². The minimum Gasteiger partial charge on any atom is -0.375 e. The highest BCUT2D eigenvalue weighted by atomic mass is 32.1. The second-order valence-electron chi connectivity index (χ2n) is 6.50. The number of fused-ring (bicyclic) bond motifs is 4. The van der Waals surface area contributed by atoms with Gasteiger partial charge < -0.3 is 10.6 Å². The number of hydrazone groups is 1. The fourth-order valence-electron chi connectivity index (χ4n) is 4.15. The van der Waals surface area contributed by atoms with Crippen molar-refractivity contribution in [3.8, 4) is 0 Å². The maximum atomic E-state index is 12.5. The van der Waals surface area contributed by atoms with Crippen molar-refractivity contribution in [2.75, 3.05) is 6.54 Å². The van der Waals surface area contributed by atoms with Crippen molar-refractivity contribution >= 4 is 28.8 Å². The van der Waals surface area contributed by atoms with Crippen LogP contribution in [0.3, 0.4) is 0 Å². The topological polar surface area (TPSA) is 70.7 Å². The first kappa shape index (κ1) is 15.3. The summed E-state index contributed by atoms with van der Waals surface area (Å²) in [4.78, 5) is 15.0. The second kappa shape index (κ2) is 6.02. The number of allylic oxidation sites excluding steroid dienone is 2. The molecule has 2 heterocycles. The van der Waals surface area contributed by atoms with Crippen molar-refractivity contribution in [2.45, 2.75) is 38.1 Å². The van der Waals surface area contributed by atoms with Gasteiger partial charge in [-0.25, -0.2) is 0 Å². The Morgan fingerprint density at radius 3 is 2.96 bits per heavy atom. The van der Waals surface area contributed by atoms with Crippen LogP contribution in [0.5, 0.6) is 0 Å². The molecule has 0 bridgehead atoms. The highest BCUT2D eigenvalue weighted by molar-refractivity contribution is 7.80. The minimum absolute atomic E-state index is 0.124. The largest absolute Gasteiger partial charge is 0.375 e. The van der Waals surface area contributed by atoms with Gasteiger partial charge in [-0.3, -0.25) is 10.2 Å². The zero-order valence-corrected chi connectivity index (χ0v) is 14.2. The number of carbonyl (C=O) groups is 1. The molecule has 1 aromatic carbocycles. The van der Waals surface area contributed by atoms with E-state index >= 15 is 0 Å². The Balaban J connectivity index is 1.81. The van der Waals surface area contributed by atoms with Gasteiger partial charge in [0.2, 0.25) is 0 Å². The lowest BCUT2D eigenvalue weighted by molar-refractivity contribution is -0.115. The fraction of sp³-hybridized carbons (Fsp3) is 0.389. The third-order valence-electron chi connectivity index (χ3n) is 5.12. The summed E-state index contributed by atoms with van der Waals surface area (Å²) in [5, 5.41) is 4.50. The van der Waals surface area contributed by atoms with Crippen LogP contribution in [-0.2, 0) is 11.2 Å². The maximum absolute atomic E-state index is 12.5. The van der Waals surface area contributed by atoms with Crippen LogP contribution in [0.2, 0.25) is 0 Å². The van der Waals surface area contributed by atoms with Gasteiger partial charge in [0.25, 0.3) is 0 Å². The van der Waals surface area contributed by atoms with Gasteiger partial charge in [-0.15, -0.1) is 0 Å². The molecule has 3 N–H and O–H groups in total. The third kappa shape index (κ3) is 2.51. The first-order valence-corrected chi connectivity index (χ1v) is 8.79. The van der Waals surface area contributed by atoms with E-state index in [0.717, 1.165) is 42.8 Å². The molecule has 0 radical (unpaired) electrons. The molecule has 1 aromatic rings. The van der Waals surface area contributed by atoms with Gasteiger partial charge >= 0.3 is 0 Å². The molecule has 4 rings (SSSR count).